The third-order valence-corrected chi connectivity index (χ3v) is 2.35. The van der Waals surface area contributed by atoms with E-state index in [1.807, 2.05) is 13.8 Å². The lowest BCUT2D eigenvalue weighted by Gasteiger charge is -2.08. The Labute approximate surface area is 113 Å². The number of allylic oxidation sites excluding steroid dienone is 1. The van der Waals surface area contributed by atoms with Crippen LogP contribution in [0, 0.1) is 0 Å². The van der Waals surface area contributed by atoms with Gasteiger partial charge in [-0.3, -0.25) is 0 Å². The number of hydrogen-bond donors (Lipinski definition) is 0. The van der Waals surface area contributed by atoms with Crippen molar-refractivity contribution in [1.29, 1.82) is 0 Å². The fourth-order valence-corrected chi connectivity index (χ4v) is 1.41. The summed E-state index contributed by atoms with van der Waals surface area (Å²) in [5.74, 6) is -1.04. The first-order chi connectivity index (χ1) is 9.06. The fraction of sp³-hybridized carbons (Fsp3) is 0.333. The molecule has 102 valence electrons. The molecule has 0 saturated carbocycles. The smallest absolute Gasteiger partial charge is 0.339 e. The average molecular weight is 262 g/mol. The Bertz CT molecular complexity index is 485. The van der Waals surface area contributed by atoms with Crippen LogP contribution in [0.4, 0.5) is 0 Å². The lowest BCUT2D eigenvalue weighted by Crippen LogP contribution is -2.14. The van der Waals surface area contributed by atoms with E-state index in [1.165, 1.54) is 0 Å². The fourth-order valence-electron chi connectivity index (χ4n) is 1.41. The third-order valence-electron chi connectivity index (χ3n) is 2.35. The van der Waals surface area contributed by atoms with Crippen LogP contribution in [0.3, 0.4) is 0 Å². The largest absolute Gasteiger partial charge is 0.462 e. The molecule has 0 spiro atoms. The zero-order valence-electron chi connectivity index (χ0n) is 11.4. The molecular weight excluding hydrogens is 244 g/mol. The van der Waals surface area contributed by atoms with Crippen molar-refractivity contribution in [2.24, 2.45) is 0 Å². The van der Waals surface area contributed by atoms with Gasteiger partial charge in [-0.2, -0.15) is 0 Å². The van der Waals surface area contributed by atoms with Gasteiger partial charge in [-0.1, -0.05) is 17.7 Å². The molecule has 0 heterocycles. The van der Waals surface area contributed by atoms with Gasteiger partial charge >= 0.3 is 11.9 Å². The summed E-state index contributed by atoms with van der Waals surface area (Å²) in [5, 5.41) is 0. The predicted molar refractivity (Wildman–Crippen MR) is 72.1 cm³/mol. The summed E-state index contributed by atoms with van der Waals surface area (Å²) >= 11 is 0. The van der Waals surface area contributed by atoms with Crippen LogP contribution in [0.25, 0.3) is 0 Å². The van der Waals surface area contributed by atoms with E-state index in [-0.39, 0.29) is 24.3 Å². The number of carbonyl (C=O) groups excluding carboxylic acids is 2. The molecule has 0 aromatic heterocycles. The molecule has 0 amide bonds. The zero-order chi connectivity index (χ0) is 14.3. The van der Waals surface area contributed by atoms with Crippen LogP contribution >= 0.6 is 0 Å². The summed E-state index contributed by atoms with van der Waals surface area (Å²) in [6.45, 7) is 6.01. The average Bonchev–Trinajstić information content (AvgIpc) is 2.38. The summed E-state index contributed by atoms with van der Waals surface area (Å²) in [7, 11) is 0. The van der Waals surface area contributed by atoms with Crippen molar-refractivity contribution in [3.8, 4) is 0 Å². The predicted octanol–water partition coefficient (Wildman–Crippen LogP) is 2.99. The standard InChI is InChI=1S/C15H18O4/c1-4-18-14(16)12-7-5-6-8-13(12)15(17)19-10-9-11(2)3/h5-9H,4,10H2,1-3H3. The van der Waals surface area contributed by atoms with Gasteiger partial charge in [0, 0.05) is 0 Å². The number of carbonyl (C=O) groups is 2. The first-order valence-electron chi connectivity index (χ1n) is 6.13. The van der Waals surface area contributed by atoms with Gasteiger partial charge in [0.15, 0.2) is 0 Å². The first kappa shape index (κ1) is 15.0. The SMILES string of the molecule is CCOC(=O)c1ccccc1C(=O)OCC=C(C)C. The molecule has 19 heavy (non-hydrogen) atoms. The van der Waals surface area contributed by atoms with Crippen molar-refractivity contribution < 1.29 is 19.1 Å². The lowest BCUT2D eigenvalue weighted by atomic mass is 10.1. The summed E-state index contributed by atoms with van der Waals surface area (Å²) in [5.41, 5.74) is 1.51. The van der Waals surface area contributed by atoms with E-state index in [2.05, 4.69) is 0 Å². The molecule has 0 unspecified atom stereocenters. The highest BCUT2D eigenvalue weighted by Crippen LogP contribution is 2.12. The Kier molecular flexibility index (Phi) is 5.79. The topological polar surface area (TPSA) is 52.6 Å². The Morgan fingerprint density at radius 1 is 1.05 bits per heavy atom. The van der Waals surface area contributed by atoms with Crippen molar-refractivity contribution in [2.75, 3.05) is 13.2 Å². The van der Waals surface area contributed by atoms with Crippen LogP contribution in [0.15, 0.2) is 35.9 Å². The van der Waals surface area contributed by atoms with Crippen LogP contribution in [-0.2, 0) is 9.47 Å². The van der Waals surface area contributed by atoms with Gasteiger partial charge < -0.3 is 9.47 Å². The van der Waals surface area contributed by atoms with Gasteiger partial charge in [-0.05, 0) is 39.0 Å². The van der Waals surface area contributed by atoms with E-state index in [0.717, 1.165) is 5.57 Å². The maximum Gasteiger partial charge on any atom is 0.339 e. The Hall–Kier alpha value is -2.10. The van der Waals surface area contributed by atoms with Gasteiger partial charge in [0.05, 0.1) is 17.7 Å². The highest BCUT2D eigenvalue weighted by atomic mass is 16.5. The van der Waals surface area contributed by atoms with E-state index < -0.39 is 11.9 Å². The van der Waals surface area contributed by atoms with E-state index in [0.29, 0.717) is 0 Å². The van der Waals surface area contributed by atoms with Crippen molar-refractivity contribution in [3.63, 3.8) is 0 Å². The van der Waals surface area contributed by atoms with Gasteiger partial charge in [0.25, 0.3) is 0 Å². The number of benzene rings is 1. The third kappa shape index (κ3) is 4.58. The molecule has 0 aliphatic heterocycles. The summed E-state index contributed by atoms with van der Waals surface area (Å²) in [6, 6.07) is 6.46. The number of esters is 2. The minimum absolute atomic E-state index is 0.193. The van der Waals surface area contributed by atoms with Gasteiger partial charge in [0.1, 0.15) is 6.61 Å². The molecule has 1 aromatic carbocycles. The van der Waals surface area contributed by atoms with Crippen LogP contribution in [0.2, 0.25) is 0 Å². The monoisotopic (exact) mass is 262 g/mol. The first-order valence-corrected chi connectivity index (χ1v) is 6.13. The van der Waals surface area contributed by atoms with Crippen molar-refractivity contribution in [2.45, 2.75) is 20.8 Å². The quantitative estimate of drug-likeness (QED) is 0.604. The molecule has 0 aliphatic rings. The second-order valence-electron chi connectivity index (χ2n) is 4.15. The molecular formula is C15H18O4. The molecule has 0 bridgehead atoms. The highest BCUT2D eigenvalue weighted by molar-refractivity contribution is 6.03. The van der Waals surface area contributed by atoms with Crippen molar-refractivity contribution in [1.82, 2.24) is 0 Å². The molecule has 0 fully saturated rings. The second kappa shape index (κ2) is 7.36. The Morgan fingerprint density at radius 2 is 1.58 bits per heavy atom. The van der Waals surface area contributed by atoms with Gasteiger partial charge in [0.2, 0.25) is 0 Å². The van der Waals surface area contributed by atoms with Crippen LogP contribution < -0.4 is 0 Å². The van der Waals surface area contributed by atoms with E-state index in [9.17, 15) is 9.59 Å². The molecule has 0 N–H and O–H groups in total. The maximum absolute atomic E-state index is 11.9. The molecule has 0 saturated heterocycles. The summed E-state index contributed by atoms with van der Waals surface area (Å²) in [6.07, 6.45) is 1.80. The molecule has 1 aromatic rings. The van der Waals surface area contributed by atoms with E-state index in [4.69, 9.17) is 9.47 Å². The Balaban J connectivity index is 2.85. The Morgan fingerprint density at radius 3 is 2.05 bits per heavy atom. The van der Waals surface area contributed by atoms with E-state index in [1.54, 1.807) is 37.3 Å². The van der Waals surface area contributed by atoms with Crippen molar-refractivity contribution >= 4 is 11.9 Å². The normalized spacial score (nSPS) is 9.63. The minimum Gasteiger partial charge on any atom is -0.462 e. The number of rotatable bonds is 5. The number of ether oxygens (including phenoxy) is 2. The molecule has 0 aliphatic carbocycles. The van der Waals surface area contributed by atoms with E-state index >= 15 is 0 Å². The minimum atomic E-state index is -0.527. The molecule has 4 heteroatoms. The molecule has 0 radical (unpaired) electrons. The molecule has 4 nitrogen and oxygen atoms in total. The van der Waals surface area contributed by atoms with Crippen LogP contribution in [0.5, 0.6) is 0 Å². The maximum atomic E-state index is 11.9. The van der Waals surface area contributed by atoms with Crippen LogP contribution in [0.1, 0.15) is 41.5 Å². The van der Waals surface area contributed by atoms with Gasteiger partial charge in [-0.25, -0.2) is 9.59 Å². The molecule has 1 rings (SSSR count). The number of hydrogen-bond acceptors (Lipinski definition) is 4. The zero-order valence-corrected chi connectivity index (χ0v) is 11.4. The molecule has 0 atom stereocenters. The lowest BCUT2D eigenvalue weighted by molar-refractivity contribution is 0.0489. The van der Waals surface area contributed by atoms with Crippen LogP contribution in [-0.4, -0.2) is 25.2 Å². The second-order valence-corrected chi connectivity index (χ2v) is 4.15. The summed E-state index contributed by atoms with van der Waals surface area (Å²) in [4.78, 5) is 23.6. The summed E-state index contributed by atoms with van der Waals surface area (Å²) < 4.78 is 9.99. The highest BCUT2D eigenvalue weighted by Gasteiger charge is 2.18. The van der Waals surface area contributed by atoms with Gasteiger partial charge in [-0.15, -0.1) is 0 Å². The van der Waals surface area contributed by atoms with Crippen molar-refractivity contribution in [3.05, 3.63) is 47.0 Å².